The molecule has 0 saturated carbocycles. The Morgan fingerprint density at radius 3 is 2.89 bits per heavy atom. The van der Waals surface area contributed by atoms with Crippen LogP contribution in [0.2, 0.25) is 0 Å². The van der Waals surface area contributed by atoms with Gasteiger partial charge < -0.3 is 5.21 Å². The molecular weight excluding hydrogens is 124 g/mol. The lowest BCUT2D eigenvalue weighted by Crippen LogP contribution is -2.29. The zero-order valence-electron chi connectivity index (χ0n) is 4.70. The summed E-state index contributed by atoms with van der Waals surface area (Å²) in [6.07, 6.45) is 1.08. The van der Waals surface area contributed by atoms with E-state index < -0.39 is 0 Å². The van der Waals surface area contributed by atoms with Gasteiger partial charge in [0, 0.05) is 12.1 Å². The Morgan fingerprint density at radius 2 is 2.67 bits per heavy atom. The molecule has 1 rings (SSSR count). The first kappa shape index (κ1) is 5.74. The normalized spacial score (nSPS) is 9.44. The summed E-state index contributed by atoms with van der Waals surface area (Å²) in [6, 6.07) is 0. The fourth-order valence-corrected chi connectivity index (χ4v) is 0.427. The highest BCUT2D eigenvalue weighted by atomic mass is 16.8. The van der Waals surface area contributed by atoms with Crippen LogP contribution in [0, 0.1) is 5.21 Å². The molecule has 5 nitrogen and oxygen atoms in total. The average molecular weight is 128 g/mol. The van der Waals surface area contributed by atoms with E-state index in [4.69, 9.17) is 0 Å². The molecule has 0 aliphatic heterocycles. The van der Waals surface area contributed by atoms with E-state index >= 15 is 0 Å². The summed E-state index contributed by atoms with van der Waals surface area (Å²) in [6.45, 7) is 1.26. The summed E-state index contributed by atoms with van der Waals surface area (Å²) in [5.74, 6) is -0.355. The van der Waals surface area contributed by atoms with Gasteiger partial charge in [0.05, 0.1) is 0 Å². The Kier molecular flexibility index (Phi) is 1.18. The van der Waals surface area contributed by atoms with E-state index in [0.29, 0.717) is 0 Å². The Labute approximate surface area is 50.4 Å². The molecule has 0 spiro atoms. The number of carbonyl (C=O) groups excluding carboxylic acids is 1. The quantitative estimate of drug-likeness (QED) is 0.378. The lowest BCUT2D eigenvalue weighted by molar-refractivity contribution is -0.803. The Hall–Kier alpha value is -1.39. The third kappa shape index (κ3) is 0.883. The molecule has 0 aliphatic carbocycles. The zero-order valence-corrected chi connectivity index (χ0v) is 4.70. The van der Waals surface area contributed by atoms with Crippen LogP contribution >= 0.6 is 0 Å². The average Bonchev–Trinajstić information content (AvgIpc) is 2.13. The van der Waals surface area contributed by atoms with Gasteiger partial charge in [0.25, 0.3) is 5.69 Å². The second-order valence-corrected chi connectivity index (χ2v) is 1.51. The monoisotopic (exact) mass is 128 g/mol. The summed E-state index contributed by atoms with van der Waals surface area (Å²) in [5, 5.41) is 13.4. The van der Waals surface area contributed by atoms with Gasteiger partial charge in [-0.15, -0.1) is 0 Å². The Balaban J connectivity index is 3.08. The molecule has 0 fully saturated rings. The van der Waals surface area contributed by atoms with Crippen molar-refractivity contribution in [2.45, 2.75) is 6.92 Å². The van der Waals surface area contributed by atoms with Gasteiger partial charge in [0.2, 0.25) is 12.0 Å². The lowest BCUT2D eigenvalue weighted by Gasteiger charge is -1.85. The fourth-order valence-electron chi connectivity index (χ4n) is 0.427. The SMILES string of the molecule is CC(=O)c1cno[n+]1[O-]. The molecule has 1 heterocycles. The zero-order chi connectivity index (χ0) is 6.85. The molecule has 5 heteroatoms. The van der Waals surface area contributed by atoms with Gasteiger partial charge in [0.15, 0.2) is 0 Å². The molecular formula is C4H4N2O3. The minimum atomic E-state index is -0.355. The molecule has 1 aromatic heterocycles. The topological polar surface area (TPSA) is 70.0 Å². The van der Waals surface area contributed by atoms with Crippen LogP contribution in [0.25, 0.3) is 0 Å². The largest absolute Gasteiger partial charge is 0.359 e. The number of ketones is 1. The first-order valence-corrected chi connectivity index (χ1v) is 2.27. The maximum atomic E-state index is 10.4. The highest BCUT2D eigenvalue weighted by Gasteiger charge is 2.10. The number of hydrogen-bond acceptors (Lipinski definition) is 4. The van der Waals surface area contributed by atoms with Gasteiger partial charge >= 0.3 is 0 Å². The highest BCUT2D eigenvalue weighted by molar-refractivity contribution is 5.90. The molecule has 0 aromatic carbocycles. The standard InChI is InChI=1S/C4H4N2O3/c1-3(7)4-2-5-9-6(4)8/h2H,1H3. The maximum Gasteiger partial charge on any atom is 0.260 e. The van der Waals surface area contributed by atoms with Crippen molar-refractivity contribution in [3.63, 3.8) is 0 Å². The third-order valence-corrected chi connectivity index (χ3v) is 0.854. The Morgan fingerprint density at radius 1 is 2.00 bits per heavy atom. The summed E-state index contributed by atoms with van der Waals surface area (Å²) >= 11 is 0. The number of aromatic nitrogens is 2. The molecule has 0 aliphatic rings. The van der Waals surface area contributed by atoms with Crippen molar-refractivity contribution in [2.24, 2.45) is 0 Å². The predicted molar refractivity (Wildman–Crippen MR) is 25.5 cm³/mol. The number of rotatable bonds is 1. The van der Waals surface area contributed by atoms with E-state index in [1.807, 2.05) is 0 Å². The summed E-state index contributed by atoms with van der Waals surface area (Å²) in [5.41, 5.74) is -0.0741. The van der Waals surface area contributed by atoms with Crippen LogP contribution in [0.3, 0.4) is 0 Å². The molecule has 48 valence electrons. The molecule has 1 aromatic rings. The van der Waals surface area contributed by atoms with Gasteiger partial charge in [-0.3, -0.25) is 9.42 Å². The van der Waals surface area contributed by atoms with Crippen molar-refractivity contribution in [1.29, 1.82) is 0 Å². The summed E-state index contributed by atoms with van der Waals surface area (Å²) in [7, 11) is 0. The molecule has 0 bridgehead atoms. The number of hydrogen-bond donors (Lipinski definition) is 0. The van der Waals surface area contributed by atoms with Crippen LogP contribution in [-0.4, -0.2) is 10.9 Å². The van der Waals surface area contributed by atoms with Crippen molar-refractivity contribution < 1.29 is 14.3 Å². The first-order chi connectivity index (χ1) is 4.22. The van der Waals surface area contributed by atoms with Gasteiger partial charge in [0.1, 0.15) is 0 Å². The van der Waals surface area contributed by atoms with Crippen molar-refractivity contribution in [1.82, 2.24) is 5.16 Å². The van der Waals surface area contributed by atoms with Crippen molar-refractivity contribution >= 4 is 5.78 Å². The number of Topliss-reactive ketones (excluding diaryl/α,β-unsaturated/α-hetero) is 1. The second-order valence-electron chi connectivity index (χ2n) is 1.51. The van der Waals surface area contributed by atoms with Crippen LogP contribution in [0.1, 0.15) is 17.4 Å². The molecule has 0 radical (unpaired) electrons. The minimum absolute atomic E-state index is 0.0718. The Bertz CT molecular complexity index is 229. The van der Waals surface area contributed by atoms with Crippen LogP contribution in [0.4, 0.5) is 0 Å². The second kappa shape index (κ2) is 1.85. The molecule has 0 unspecified atom stereocenters. The smallest absolute Gasteiger partial charge is 0.260 e. The van der Waals surface area contributed by atoms with E-state index in [1.54, 1.807) is 0 Å². The number of carbonyl (C=O) groups is 1. The van der Waals surface area contributed by atoms with E-state index in [2.05, 4.69) is 9.79 Å². The van der Waals surface area contributed by atoms with Gasteiger partial charge in [-0.25, -0.2) is 0 Å². The van der Waals surface area contributed by atoms with Crippen molar-refractivity contribution in [3.05, 3.63) is 17.1 Å². The van der Waals surface area contributed by atoms with Gasteiger partial charge in [-0.1, -0.05) is 0 Å². The molecule has 0 atom stereocenters. The predicted octanol–water partition coefficient (Wildman–Crippen LogP) is -0.489. The van der Waals surface area contributed by atoms with Crippen molar-refractivity contribution in [3.8, 4) is 0 Å². The number of nitrogens with zero attached hydrogens (tertiary/aromatic N) is 2. The van der Waals surface area contributed by atoms with E-state index in [9.17, 15) is 10.0 Å². The van der Waals surface area contributed by atoms with Crippen LogP contribution in [-0.2, 0) is 0 Å². The van der Waals surface area contributed by atoms with Crippen molar-refractivity contribution in [2.75, 3.05) is 0 Å². The van der Waals surface area contributed by atoms with E-state index in [1.165, 1.54) is 6.92 Å². The fraction of sp³-hybridized carbons (Fsp3) is 0.250. The third-order valence-electron chi connectivity index (χ3n) is 0.854. The van der Waals surface area contributed by atoms with Crippen LogP contribution < -0.4 is 4.90 Å². The first-order valence-electron chi connectivity index (χ1n) is 2.27. The molecule has 9 heavy (non-hydrogen) atoms. The molecule has 0 saturated heterocycles. The lowest BCUT2D eigenvalue weighted by atomic mass is 10.3. The van der Waals surface area contributed by atoms with Gasteiger partial charge in [-0.05, 0) is 4.90 Å². The van der Waals surface area contributed by atoms with E-state index in [0.717, 1.165) is 6.20 Å². The summed E-state index contributed by atoms with van der Waals surface area (Å²) < 4.78 is 4.02. The van der Waals surface area contributed by atoms with Gasteiger partial charge in [-0.2, -0.15) is 0 Å². The maximum absolute atomic E-state index is 10.4. The van der Waals surface area contributed by atoms with Crippen LogP contribution in [0.15, 0.2) is 10.8 Å². The summed E-state index contributed by atoms with van der Waals surface area (Å²) in [4.78, 5) is 10.5. The minimum Gasteiger partial charge on any atom is -0.359 e. The van der Waals surface area contributed by atoms with E-state index in [-0.39, 0.29) is 16.4 Å². The highest BCUT2D eigenvalue weighted by Crippen LogP contribution is 1.87. The molecule has 0 N–H and O–H groups in total. The molecule has 0 amide bonds. The van der Waals surface area contributed by atoms with Crippen LogP contribution in [0.5, 0.6) is 0 Å².